The zero-order valence-electron chi connectivity index (χ0n) is 33.5. The van der Waals surface area contributed by atoms with Crippen molar-refractivity contribution in [1.29, 1.82) is 0 Å². The summed E-state index contributed by atoms with van der Waals surface area (Å²) in [5.41, 5.74) is 0.123. The lowest BCUT2D eigenvalue weighted by atomic mass is 10.2. The minimum absolute atomic E-state index is 0.00163. The number of anilines is 1. The highest BCUT2D eigenvalue weighted by Crippen LogP contribution is 2.10. The van der Waals surface area contributed by atoms with Gasteiger partial charge in [0.1, 0.15) is 6.61 Å². The van der Waals surface area contributed by atoms with E-state index in [1.807, 2.05) is 0 Å². The molecule has 0 amide bonds. The lowest BCUT2D eigenvalue weighted by molar-refractivity contribution is -0.0253. The van der Waals surface area contributed by atoms with Crippen LogP contribution in [0.1, 0.15) is 42.3 Å². The Balaban J connectivity index is 1.98. The number of rotatable bonds is 32. The van der Waals surface area contributed by atoms with Gasteiger partial charge in [0.05, 0.1) is 118 Å². The van der Waals surface area contributed by atoms with Crippen molar-refractivity contribution >= 4 is 11.7 Å². The van der Waals surface area contributed by atoms with E-state index in [4.69, 9.17) is 59.7 Å². The van der Waals surface area contributed by atoms with Crippen LogP contribution in [0.2, 0.25) is 0 Å². The van der Waals surface area contributed by atoms with Crippen molar-refractivity contribution in [3.8, 4) is 0 Å². The third kappa shape index (κ3) is 24.7. The Morgan fingerprint density at radius 3 is 1.38 bits per heavy atom. The van der Waals surface area contributed by atoms with E-state index in [0.717, 1.165) is 0 Å². The van der Waals surface area contributed by atoms with Crippen molar-refractivity contribution in [2.45, 2.75) is 19.6 Å². The molecule has 0 unspecified atom stereocenters. The molecule has 12 heteroatoms. The molecule has 0 saturated carbocycles. The first kappa shape index (κ1) is 25.5. The molecule has 0 bridgehead atoms. The number of carbonyl (C=O) groups is 1. The van der Waals surface area contributed by atoms with Crippen molar-refractivity contribution in [3.63, 3.8) is 0 Å². The average molecular weight is 613 g/mol. The summed E-state index contributed by atoms with van der Waals surface area (Å²) in [5.74, 6) is -0.675. The summed E-state index contributed by atoms with van der Waals surface area (Å²) >= 11 is 0. The predicted molar refractivity (Wildman–Crippen MR) is 159 cm³/mol. The smallest absolute Gasteiger partial charge is 0.338 e. The summed E-state index contributed by atoms with van der Waals surface area (Å²) in [5, 5.41) is 2.17. The van der Waals surface area contributed by atoms with Gasteiger partial charge in [-0.3, -0.25) is 0 Å². The quantitative estimate of drug-likeness (QED) is 0.0951. The molecular weight excluding hydrogens is 550 g/mol. The molecule has 0 heterocycles. The van der Waals surface area contributed by atoms with E-state index in [1.165, 1.54) is 24.3 Å². The molecule has 0 fully saturated rings. The van der Waals surface area contributed by atoms with E-state index < -0.39 is 32.1 Å². The molecule has 0 aliphatic rings. The van der Waals surface area contributed by atoms with Crippen LogP contribution in [-0.2, 0) is 47.4 Å². The third-order valence-electron chi connectivity index (χ3n) is 4.95. The zero-order chi connectivity index (χ0) is 38.1. The number of esters is 1. The maximum Gasteiger partial charge on any atom is 0.338 e. The Morgan fingerprint density at radius 2 is 1.00 bits per heavy atom. The van der Waals surface area contributed by atoms with E-state index in [2.05, 4.69) is 5.32 Å². The van der Waals surface area contributed by atoms with Gasteiger partial charge in [-0.15, -0.1) is 0 Å². The summed E-state index contributed by atoms with van der Waals surface area (Å²) < 4.78 is 122. The number of hydrogen-bond acceptors (Lipinski definition) is 12. The molecule has 0 saturated heterocycles. The predicted octanol–water partition coefficient (Wildman–Crippen LogP) is 2.83. The number of benzene rings is 1. The summed E-state index contributed by atoms with van der Waals surface area (Å²) in [6.45, 7) is 0.795. The van der Waals surface area contributed by atoms with Crippen LogP contribution >= 0.6 is 0 Å². The molecule has 0 spiro atoms. The summed E-state index contributed by atoms with van der Waals surface area (Å²) in [6.07, 6.45) is -6.93. The number of hydrogen-bond donors (Lipinski definition) is 1. The van der Waals surface area contributed by atoms with Crippen LogP contribution in [0.5, 0.6) is 0 Å². The van der Waals surface area contributed by atoms with E-state index >= 15 is 0 Å². The van der Waals surface area contributed by atoms with E-state index in [1.54, 1.807) is 7.11 Å². The fourth-order valence-electron chi connectivity index (χ4n) is 2.88. The Hall–Kier alpha value is -1.87. The Labute approximate surface area is 264 Å². The normalized spacial score (nSPS) is 15.7. The van der Waals surface area contributed by atoms with Crippen LogP contribution in [0, 0.1) is 0 Å². The molecule has 1 aromatic rings. The molecule has 1 N–H and O–H groups in total. The largest absolute Gasteiger partial charge is 0.460 e. The fourth-order valence-corrected chi connectivity index (χ4v) is 2.88. The van der Waals surface area contributed by atoms with Crippen molar-refractivity contribution in [1.82, 2.24) is 0 Å². The molecule has 0 aliphatic heterocycles. The van der Waals surface area contributed by atoms with E-state index in [9.17, 15) is 4.79 Å². The van der Waals surface area contributed by atoms with E-state index in [-0.39, 0.29) is 31.1 Å². The second-order valence-corrected chi connectivity index (χ2v) is 8.11. The highest BCUT2D eigenvalue weighted by molar-refractivity contribution is 5.89. The van der Waals surface area contributed by atoms with Gasteiger partial charge in [0.2, 0.25) is 0 Å². The zero-order valence-corrected chi connectivity index (χ0v) is 24.5. The van der Waals surface area contributed by atoms with Crippen LogP contribution in [0.3, 0.4) is 0 Å². The average Bonchev–Trinajstić information content (AvgIpc) is 3.07. The first-order chi connectivity index (χ1) is 24.2. The van der Waals surface area contributed by atoms with Crippen LogP contribution < -0.4 is 5.32 Å². The summed E-state index contributed by atoms with van der Waals surface area (Å²) in [7, 11) is 1.63. The molecule has 1 aromatic carbocycles. The lowest BCUT2D eigenvalue weighted by Crippen LogP contribution is -2.15. The van der Waals surface area contributed by atoms with Gasteiger partial charge in [-0.25, -0.2) is 4.79 Å². The molecular formula is C30H53NO11. The van der Waals surface area contributed by atoms with Crippen LogP contribution in [0.25, 0.3) is 0 Å². The van der Waals surface area contributed by atoms with Gasteiger partial charge in [-0.1, -0.05) is 13.2 Å². The second-order valence-electron chi connectivity index (χ2n) is 8.11. The standard InChI is InChI=1S/C30H53NO11/c1-3-4-9-31-29-7-5-28(6-8-29)30(32)42-27-26-41-25-24-40-23-22-39-21-20-38-19-18-37-17-16-36-15-14-35-13-12-34-11-10-33-2/h5-8,31H,3-4,9-27H2,1-2H3/i1D3,3D2,4D2,9D2. The van der Waals surface area contributed by atoms with Gasteiger partial charge >= 0.3 is 5.97 Å². The van der Waals surface area contributed by atoms with Gasteiger partial charge in [0.15, 0.2) is 0 Å². The number of ether oxygens (including phenoxy) is 10. The molecule has 12 nitrogen and oxygen atoms in total. The van der Waals surface area contributed by atoms with Crippen LogP contribution in [0.4, 0.5) is 5.69 Å². The van der Waals surface area contributed by atoms with Crippen molar-refractivity contribution < 1.29 is 64.5 Å². The van der Waals surface area contributed by atoms with Crippen molar-refractivity contribution in [2.24, 2.45) is 0 Å². The van der Waals surface area contributed by atoms with Crippen molar-refractivity contribution in [2.75, 3.05) is 138 Å². The number of nitrogens with one attached hydrogen (secondary N) is 1. The Bertz CT molecular complexity index is 1040. The number of methoxy groups -OCH3 is 1. The molecule has 0 radical (unpaired) electrons. The second kappa shape index (κ2) is 30.6. The summed E-state index contributed by atoms with van der Waals surface area (Å²) in [4.78, 5) is 12.3. The molecule has 0 aliphatic carbocycles. The minimum atomic E-state index is -3.49. The monoisotopic (exact) mass is 612 g/mol. The van der Waals surface area contributed by atoms with Crippen LogP contribution in [0.15, 0.2) is 24.3 Å². The van der Waals surface area contributed by atoms with Gasteiger partial charge in [0.25, 0.3) is 0 Å². The Morgan fingerprint density at radius 1 is 0.619 bits per heavy atom. The summed E-state index contributed by atoms with van der Waals surface area (Å²) in [6, 6.07) is 5.13. The Kier molecular flexibility index (Phi) is 18.5. The maximum atomic E-state index is 12.3. The van der Waals surface area contributed by atoms with Gasteiger partial charge in [-0.05, 0) is 30.6 Å². The minimum Gasteiger partial charge on any atom is -0.460 e. The van der Waals surface area contributed by atoms with E-state index in [0.29, 0.717) is 99.1 Å². The maximum absolute atomic E-state index is 12.3. The van der Waals surface area contributed by atoms with Gasteiger partial charge in [-0.2, -0.15) is 0 Å². The molecule has 0 atom stereocenters. The first-order valence-electron chi connectivity index (χ1n) is 18.3. The molecule has 1 rings (SSSR count). The molecule has 244 valence electrons. The lowest BCUT2D eigenvalue weighted by Gasteiger charge is -2.09. The molecule has 42 heavy (non-hydrogen) atoms. The fraction of sp³-hybridized carbons (Fsp3) is 0.767. The SMILES string of the molecule is [2H]C([2H])([2H])C([2H])([2H])C([2H])([2H])C([2H])([2H])Nc1ccc(C(=O)OCCOCCOCCOCCOCCOCCOCCOCCOCCOC)cc1. The van der Waals surface area contributed by atoms with Crippen LogP contribution in [-0.4, -0.2) is 138 Å². The topological polar surface area (TPSA) is 121 Å². The highest BCUT2D eigenvalue weighted by Gasteiger charge is 2.06. The molecule has 0 aromatic heterocycles. The number of carbonyl (C=O) groups excluding carboxylic acids is 1. The highest BCUT2D eigenvalue weighted by atomic mass is 16.6. The van der Waals surface area contributed by atoms with Crippen molar-refractivity contribution in [3.05, 3.63) is 29.8 Å². The first-order valence-corrected chi connectivity index (χ1v) is 13.8. The third-order valence-corrected chi connectivity index (χ3v) is 4.95. The van der Waals surface area contributed by atoms with Gasteiger partial charge < -0.3 is 52.7 Å². The van der Waals surface area contributed by atoms with Gasteiger partial charge in [0, 0.05) is 31.6 Å².